The van der Waals surface area contributed by atoms with Crippen molar-refractivity contribution in [2.24, 2.45) is 17.8 Å². The van der Waals surface area contributed by atoms with Gasteiger partial charge in [-0.25, -0.2) is 0 Å². The molecular weight excluding hydrogens is 388 g/mol. The van der Waals surface area contributed by atoms with Crippen LogP contribution in [0.1, 0.15) is 25.8 Å². The van der Waals surface area contributed by atoms with Gasteiger partial charge in [-0.3, -0.25) is 14.4 Å². The monoisotopic (exact) mass is 412 g/mol. The van der Waals surface area contributed by atoms with Crippen molar-refractivity contribution < 1.29 is 34.1 Å². The molecule has 0 amide bonds. The fraction of sp³-hybridized carbons (Fsp3) is 0.435. The number of esters is 2. The minimum absolute atomic E-state index is 0.0249. The van der Waals surface area contributed by atoms with Crippen molar-refractivity contribution in [1.29, 1.82) is 0 Å². The van der Waals surface area contributed by atoms with Gasteiger partial charge in [0.2, 0.25) is 0 Å². The highest BCUT2D eigenvalue weighted by Gasteiger charge is 2.55. The van der Waals surface area contributed by atoms with E-state index in [0.29, 0.717) is 23.1 Å². The van der Waals surface area contributed by atoms with Gasteiger partial charge in [-0.1, -0.05) is 24.6 Å². The Hall–Kier alpha value is -2.93. The predicted octanol–water partition coefficient (Wildman–Crippen LogP) is 1.86. The second kappa shape index (κ2) is 7.72. The molecule has 7 nitrogen and oxygen atoms in total. The van der Waals surface area contributed by atoms with Gasteiger partial charge in [-0.15, -0.1) is 0 Å². The molecule has 1 heterocycles. The minimum atomic E-state index is -0.656. The predicted molar refractivity (Wildman–Crippen MR) is 105 cm³/mol. The maximum absolute atomic E-state index is 12.6. The first-order chi connectivity index (χ1) is 14.3. The number of hydrogen-bond acceptors (Lipinski definition) is 7. The number of allylic oxidation sites excluding steroid dienone is 1. The van der Waals surface area contributed by atoms with E-state index in [-0.39, 0.29) is 30.5 Å². The van der Waals surface area contributed by atoms with Gasteiger partial charge in [0, 0.05) is 23.8 Å². The molecule has 158 valence electrons. The van der Waals surface area contributed by atoms with Crippen molar-refractivity contribution in [3.63, 3.8) is 0 Å². The maximum atomic E-state index is 12.6. The summed E-state index contributed by atoms with van der Waals surface area (Å²) in [5.74, 6) is -2.33. The van der Waals surface area contributed by atoms with Gasteiger partial charge in [-0.05, 0) is 36.3 Å². The van der Waals surface area contributed by atoms with Crippen LogP contribution in [0.4, 0.5) is 0 Å². The zero-order valence-electron chi connectivity index (χ0n) is 16.8. The van der Waals surface area contributed by atoms with Crippen molar-refractivity contribution in [3.8, 4) is 5.75 Å². The van der Waals surface area contributed by atoms with Crippen LogP contribution in [-0.4, -0.2) is 46.7 Å². The van der Waals surface area contributed by atoms with Crippen molar-refractivity contribution in [3.05, 3.63) is 52.6 Å². The Morgan fingerprint density at radius 1 is 1.23 bits per heavy atom. The molecule has 0 bridgehead atoms. The quantitative estimate of drug-likeness (QED) is 0.727. The molecular formula is C23H24O7. The van der Waals surface area contributed by atoms with Crippen LogP contribution in [0.2, 0.25) is 0 Å². The number of hydrogen-bond donors (Lipinski definition) is 2. The molecule has 30 heavy (non-hydrogen) atoms. The van der Waals surface area contributed by atoms with E-state index >= 15 is 0 Å². The van der Waals surface area contributed by atoms with Crippen LogP contribution in [-0.2, 0) is 30.3 Å². The van der Waals surface area contributed by atoms with Gasteiger partial charge in [0.25, 0.3) is 0 Å². The lowest BCUT2D eigenvalue weighted by Gasteiger charge is -2.29. The lowest BCUT2D eigenvalue weighted by Crippen LogP contribution is -2.38. The molecule has 2 aliphatic carbocycles. The molecule has 3 aliphatic rings. The summed E-state index contributed by atoms with van der Waals surface area (Å²) in [6, 6.07) is 6.29. The minimum Gasteiger partial charge on any atom is -0.508 e. The van der Waals surface area contributed by atoms with Crippen LogP contribution < -0.4 is 0 Å². The number of phenolic OH excluding ortho intramolecular Hbond substituents is 1. The van der Waals surface area contributed by atoms with Gasteiger partial charge in [0.1, 0.15) is 18.0 Å². The number of aliphatic hydroxyl groups is 1. The Morgan fingerprint density at radius 2 is 1.93 bits per heavy atom. The second-order valence-corrected chi connectivity index (χ2v) is 8.26. The smallest absolute Gasteiger partial charge is 0.310 e. The van der Waals surface area contributed by atoms with E-state index in [2.05, 4.69) is 0 Å². The molecule has 5 atom stereocenters. The molecule has 1 fully saturated rings. The molecule has 7 heteroatoms. The SMILES string of the molecule is CC1=C2C(=O)C=C(CO)[C@H]2[C@H]2OC(=O)[C@H](C)[C@@H]2[C@@H](OC(=O)Cc2ccc(O)cc2)C1. The number of benzene rings is 1. The third-order valence-electron chi connectivity index (χ3n) is 6.35. The van der Waals surface area contributed by atoms with Gasteiger partial charge in [-0.2, -0.15) is 0 Å². The molecule has 0 radical (unpaired) electrons. The highest BCUT2D eigenvalue weighted by molar-refractivity contribution is 6.09. The number of aliphatic hydroxyl groups excluding tert-OH is 1. The molecule has 1 aliphatic heterocycles. The van der Waals surface area contributed by atoms with Crippen molar-refractivity contribution in [2.75, 3.05) is 6.61 Å². The van der Waals surface area contributed by atoms with Gasteiger partial charge < -0.3 is 19.7 Å². The lowest BCUT2D eigenvalue weighted by atomic mass is 9.79. The van der Waals surface area contributed by atoms with E-state index < -0.39 is 35.9 Å². The standard InChI is InChI=1S/C23H24O7/c1-11-7-17(29-18(27)8-13-3-5-15(25)6-4-13)20-12(2)23(28)30-22(20)21-14(10-24)9-16(26)19(11)21/h3-6,9,12,17,20-22,24-25H,7-8,10H2,1-2H3/t12-,17+,20-,21-,22+/m1/s1. The number of rotatable bonds is 4. The maximum Gasteiger partial charge on any atom is 0.310 e. The van der Waals surface area contributed by atoms with Crippen LogP contribution in [0.3, 0.4) is 0 Å². The molecule has 2 N–H and O–H groups in total. The third-order valence-corrected chi connectivity index (χ3v) is 6.35. The Balaban J connectivity index is 1.62. The molecule has 0 aromatic heterocycles. The average molecular weight is 412 g/mol. The lowest BCUT2D eigenvalue weighted by molar-refractivity contribution is -0.152. The number of carbonyl (C=O) groups is 3. The zero-order chi connectivity index (χ0) is 21.6. The second-order valence-electron chi connectivity index (χ2n) is 8.26. The molecule has 4 rings (SSSR count). The highest BCUT2D eigenvalue weighted by Crippen LogP contribution is 2.48. The van der Waals surface area contributed by atoms with Crippen LogP contribution in [0, 0.1) is 17.8 Å². The number of ether oxygens (including phenoxy) is 2. The van der Waals surface area contributed by atoms with Crippen LogP contribution in [0.15, 0.2) is 47.1 Å². The van der Waals surface area contributed by atoms with Crippen LogP contribution in [0.5, 0.6) is 5.75 Å². The zero-order valence-corrected chi connectivity index (χ0v) is 16.8. The first-order valence-electron chi connectivity index (χ1n) is 10.0. The van der Waals surface area contributed by atoms with Gasteiger partial charge in [0.05, 0.1) is 18.9 Å². The normalized spacial score (nSPS) is 30.4. The largest absolute Gasteiger partial charge is 0.508 e. The fourth-order valence-corrected chi connectivity index (χ4v) is 4.91. The number of phenols is 1. The van der Waals surface area contributed by atoms with Crippen LogP contribution >= 0.6 is 0 Å². The number of fused-ring (bicyclic) bond motifs is 3. The average Bonchev–Trinajstić information content (AvgIpc) is 3.15. The van der Waals surface area contributed by atoms with Crippen molar-refractivity contribution in [2.45, 2.75) is 38.9 Å². The molecule has 1 aromatic carbocycles. The molecule has 0 spiro atoms. The first kappa shape index (κ1) is 20.3. The van der Waals surface area contributed by atoms with E-state index in [4.69, 9.17) is 9.47 Å². The summed E-state index contributed by atoms with van der Waals surface area (Å²) in [6.07, 6.45) is 0.502. The number of ketones is 1. The topological polar surface area (TPSA) is 110 Å². The summed E-state index contributed by atoms with van der Waals surface area (Å²) in [6.45, 7) is 3.27. The highest BCUT2D eigenvalue weighted by atomic mass is 16.6. The van der Waals surface area contributed by atoms with E-state index in [1.54, 1.807) is 19.1 Å². The van der Waals surface area contributed by atoms with E-state index in [9.17, 15) is 24.6 Å². The molecule has 0 saturated carbocycles. The van der Waals surface area contributed by atoms with Crippen molar-refractivity contribution in [1.82, 2.24) is 0 Å². The van der Waals surface area contributed by atoms with E-state index in [1.165, 1.54) is 18.2 Å². The van der Waals surface area contributed by atoms with Gasteiger partial charge >= 0.3 is 11.9 Å². The molecule has 1 saturated heterocycles. The fourth-order valence-electron chi connectivity index (χ4n) is 4.91. The summed E-state index contributed by atoms with van der Waals surface area (Å²) >= 11 is 0. The summed E-state index contributed by atoms with van der Waals surface area (Å²) in [5, 5.41) is 19.2. The molecule has 1 aromatic rings. The Morgan fingerprint density at radius 3 is 2.60 bits per heavy atom. The summed E-state index contributed by atoms with van der Waals surface area (Å²) < 4.78 is 11.5. The number of aromatic hydroxyl groups is 1. The van der Waals surface area contributed by atoms with E-state index in [0.717, 1.165) is 5.57 Å². The van der Waals surface area contributed by atoms with Crippen molar-refractivity contribution >= 4 is 17.7 Å². The molecule has 0 unspecified atom stereocenters. The Bertz CT molecular complexity index is 956. The Labute approximate surface area is 174 Å². The number of carbonyl (C=O) groups excluding carboxylic acids is 3. The summed E-state index contributed by atoms with van der Waals surface area (Å²) in [7, 11) is 0. The third kappa shape index (κ3) is 3.43. The first-order valence-corrected chi connectivity index (χ1v) is 10.0. The van der Waals surface area contributed by atoms with E-state index in [1.807, 2.05) is 6.92 Å². The summed E-state index contributed by atoms with van der Waals surface area (Å²) in [5.41, 5.74) is 2.54. The van der Waals surface area contributed by atoms with Crippen LogP contribution in [0.25, 0.3) is 0 Å². The summed E-state index contributed by atoms with van der Waals surface area (Å²) in [4.78, 5) is 37.6. The van der Waals surface area contributed by atoms with Gasteiger partial charge in [0.15, 0.2) is 5.78 Å². The Kier molecular flexibility index (Phi) is 5.24.